The minimum absolute atomic E-state index is 0.00723. The van der Waals surface area contributed by atoms with Crippen molar-refractivity contribution < 1.29 is 17.8 Å². The van der Waals surface area contributed by atoms with E-state index in [1.165, 1.54) is 0 Å². The molecule has 0 aromatic heterocycles. The Morgan fingerprint density at radius 2 is 1.88 bits per heavy atom. The predicted octanol–water partition coefficient (Wildman–Crippen LogP) is 4.98. The highest BCUT2D eigenvalue weighted by Crippen LogP contribution is 2.45. The third-order valence-corrected chi connectivity index (χ3v) is 5.09. The van der Waals surface area contributed by atoms with Crippen molar-refractivity contribution in [2.45, 2.75) is 66.1 Å². The maximum absolute atomic E-state index is 13.3. The summed E-state index contributed by atoms with van der Waals surface area (Å²) in [5.41, 5.74) is 1.21. The zero-order valence-corrected chi connectivity index (χ0v) is 15.0. The average molecular weight is 342 g/mol. The van der Waals surface area contributed by atoms with Gasteiger partial charge in [0.15, 0.2) is 5.70 Å². The van der Waals surface area contributed by atoms with Crippen LogP contribution in [0.15, 0.2) is 39.7 Å². The van der Waals surface area contributed by atoms with Crippen molar-refractivity contribution in [2.24, 2.45) is 16.8 Å². The highest BCUT2D eigenvalue weighted by molar-refractivity contribution is 5.79. The lowest BCUT2D eigenvalue weighted by Gasteiger charge is -2.36. The number of hydrogen-bond donors (Lipinski definition) is 1. The van der Waals surface area contributed by atoms with E-state index >= 15 is 0 Å². The molecule has 0 saturated carbocycles. The third kappa shape index (κ3) is 3.09. The van der Waals surface area contributed by atoms with Gasteiger partial charge in [-0.2, -0.15) is 28.6 Å². The molecule has 1 aliphatic carbocycles. The van der Waals surface area contributed by atoms with Crippen LogP contribution < -0.4 is 5.84 Å². The topological polar surface area (TPSA) is 38.4 Å². The van der Waals surface area contributed by atoms with E-state index in [4.69, 9.17) is 5.84 Å². The Morgan fingerprint density at radius 3 is 2.33 bits per heavy atom. The summed E-state index contributed by atoms with van der Waals surface area (Å²) in [6.45, 7) is 9.81. The van der Waals surface area contributed by atoms with Gasteiger partial charge in [0.25, 0.3) is 0 Å². The number of aliphatic imine (C=N–C) groups is 1. The van der Waals surface area contributed by atoms with E-state index in [0.717, 1.165) is 24.6 Å². The molecule has 1 aliphatic heterocycles. The van der Waals surface area contributed by atoms with Gasteiger partial charge < -0.3 is 0 Å². The van der Waals surface area contributed by atoms with Crippen molar-refractivity contribution in [1.29, 1.82) is 0 Å². The van der Waals surface area contributed by atoms with Crippen LogP contribution in [0.1, 0.15) is 53.9 Å². The highest BCUT2D eigenvalue weighted by atomic mass is 19.4. The minimum atomic E-state index is -4.35. The van der Waals surface area contributed by atoms with Crippen molar-refractivity contribution in [3.8, 4) is 0 Å². The minimum Gasteiger partial charge on any atom is -0.193 e. The SMILES string of the molecule is CCC(C=C1CC(C(F)(F)F)=CC2=C1[N+](N)(C(C)C)C(C)=N2)CC. The molecule has 2 N–H and O–H groups in total. The number of nitrogens with two attached hydrogens (primary N) is 1. The summed E-state index contributed by atoms with van der Waals surface area (Å²) < 4.78 is 39.9. The maximum atomic E-state index is 13.3. The molecule has 1 heterocycles. The van der Waals surface area contributed by atoms with Crippen LogP contribution in [-0.2, 0) is 0 Å². The quantitative estimate of drug-likeness (QED) is 0.568. The summed E-state index contributed by atoms with van der Waals surface area (Å²) in [6, 6.07) is -0.00723. The fraction of sp³-hybridized carbons (Fsp3) is 0.611. The Labute approximate surface area is 142 Å². The maximum Gasteiger partial charge on any atom is 0.413 e. The van der Waals surface area contributed by atoms with Gasteiger partial charge in [-0.05, 0) is 38.7 Å². The second-order valence-corrected chi connectivity index (χ2v) is 6.88. The first-order chi connectivity index (χ1) is 11.1. The van der Waals surface area contributed by atoms with Crippen molar-refractivity contribution >= 4 is 5.84 Å². The number of halogens is 3. The Morgan fingerprint density at radius 1 is 1.29 bits per heavy atom. The first-order valence-corrected chi connectivity index (χ1v) is 8.52. The van der Waals surface area contributed by atoms with E-state index in [9.17, 15) is 13.2 Å². The molecule has 2 aliphatic rings. The molecule has 6 heteroatoms. The first-order valence-electron chi connectivity index (χ1n) is 8.52. The number of allylic oxidation sites excluding steroid dienone is 4. The fourth-order valence-electron chi connectivity index (χ4n) is 3.43. The molecule has 24 heavy (non-hydrogen) atoms. The summed E-state index contributed by atoms with van der Waals surface area (Å²) in [5, 5.41) is 0. The number of nitrogens with zero attached hydrogens (tertiary/aromatic N) is 2. The Kier molecular flexibility index (Phi) is 5.11. The van der Waals surface area contributed by atoms with Crippen molar-refractivity contribution in [1.82, 2.24) is 0 Å². The van der Waals surface area contributed by atoms with Gasteiger partial charge in [-0.3, -0.25) is 0 Å². The van der Waals surface area contributed by atoms with Crippen LogP contribution in [0.5, 0.6) is 0 Å². The van der Waals surface area contributed by atoms with Crippen LogP contribution in [0.25, 0.3) is 0 Å². The molecule has 0 amide bonds. The lowest BCUT2D eigenvalue weighted by molar-refractivity contribution is -0.834. The van der Waals surface area contributed by atoms with E-state index in [1.54, 1.807) is 6.92 Å². The van der Waals surface area contributed by atoms with Gasteiger partial charge in [-0.15, -0.1) is 0 Å². The summed E-state index contributed by atoms with van der Waals surface area (Å²) >= 11 is 0. The molecule has 3 nitrogen and oxygen atoms in total. The molecular weight excluding hydrogens is 315 g/mol. The standard InChI is InChI=1S/C18H27F3N3/c1-6-13(7-2)8-14-9-15(18(19,20)21)10-16-17(14)24(22,11(3)4)12(5)23-16/h8,10-11,13H,6-7,9,22H2,1-5H3/q+1. The Bertz CT molecular complexity index is 634. The van der Waals surface area contributed by atoms with Crippen molar-refractivity contribution in [2.75, 3.05) is 0 Å². The van der Waals surface area contributed by atoms with Gasteiger partial charge in [-0.25, -0.2) is 0 Å². The summed E-state index contributed by atoms with van der Waals surface area (Å²) in [6.07, 6.45) is 0.438. The second kappa shape index (κ2) is 6.48. The number of rotatable bonds is 4. The monoisotopic (exact) mass is 342 g/mol. The fourth-order valence-corrected chi connectivity index (χ4v) is 3.43. The van der Waals surface area contributed by atoms with E-state index in [2.05, 4.69) is 4.99 Å². The highest BCUT2D eigenvalue weighted by Gasteiger charge is 2.49. The van der Waals surface area contributed by atoms with Crippen molar-refractivity contribution in [3.63, 3.8) is 0 Å². The number of alkyl halides is 3. The molecule has 0 saturated heterocycles. The van der Waals surface area contributed by atoms with E-state index < -0.39 is 11.7 Å². The predicted molar refractivity (Wildman–Crippen MR) is 90.6 cm³/mol. The zero-order chi connectivity index (χ0) is 18.3. The van der Waals surface area contributed by atoms with Gasteiger partial charge in [0.2, 0.25) is 5.84 Å². The van der Waals surface area contributed by atoms with Gasteiger partial charge in [0.1, 0.15) is 11.7 Å². The molecule has 1 atom stereocenters. The number of amidine groups is 1. The van der Waals surface area contributed by atoms with Gasteiger partial charge in [-0.1, -0.05) is 19.9 Å². The Hall–Kier alpha value is -1.40. The summed E-state index contributed by atoms with van der Waals surface area (Å²) in [7, 11) is 0. The van der Waals surface area contributed by atoms with Gasteiger partial charge in [0, 0.05) is 24.5 Å². The summed E-state index contributed by atoms with van der Waals surface area (Å²) in [5.74, 6) is 7.47. The molecule has 0 aromatic rings. The van der Waals surface area contributed by atoms with Crippen LogP contribution in [-0.4, -0.2) is 22.6 Å². The van der Waals surface area contributed by atoms with E-state index in [0.29, 0.717) is 17.1 Å². The van der Waals surface area contributed by atoms with Crippen LogP contribution in [0, 0.1) is 5.92 Å². The molecule has 0 bridgehead atoms. The molecule has 0 aromatic carbocycles. The molecular formula is C18H27F3N3+. The molecule has 0 spiro atoms. The third-order valence-electron chi connectivity index (χ3n) is 5.09. The smallest absolute Gasteiger partial charge is 0.193 e. The largest absolute Gasteiger partial charge is 0.413 e. The van der Waals surface area contributed by atoms with Crippen LogP contribution in [0.3, 0.4) is 0 Å². The van der Waals surface area contributed by atoms with E-state index in [-0.39, 0.29) is 23.0 Å². The van der Waals surface area contributed by atoms with E-state index in [1.807, 2.05) is 33.8 Å². The van der Waals surface area contributed by atoms with Crippen molar-refractivity contribution in [3.05, 3.63) is 34.7 Å². The second-order valence-electron chi connectivity index (χ2n) is 6.88. The molecule has 1 unspecified atom stereocenters. The average Bonchev–Trinajstić information content (AvgIpc) is 2.76. The Balaban J connectivity index is 2.64. The number of quaternary nitrogens is 1. The molecule has 0 fully saturated rings. The number of hydrogen-bond acceptors (Lipinski definition) is 2. The molecule has 134 valence electrons. The lowest BCUT2D eigenvalue weighted by atomic mass is 9.89. The normalized spacial score (nSPS) is 26.4. The van der Waals surface area contributed by atoms with Crippen LogP contribution in [0.4, 0.5) is 13.2 Å². The zero-order valence-electron chi connectivity index (χ0n) is 15.0. The van der Waals surface area contributed by atoms with Crippen LogP contribution >= 0.6 is 0 Å². The molecule has 0 radical (unpaired) electrons. The summed E-state index contributed by atoms with van der Waals surface area (Å²) in [4.78, 5) is 4.38. The van der Waals surface area contributed by atoms with Gasteiger partial charge in [0.05, 0.1) is 0 Å². The first kappa shape index (κ1) is 18.9. The van der Waals surface area contributed by atoms with Gasteiger partial charge >= 0.3 is 6.18 Å². The molecule has 2 rings (SSSR count). The lowest BCUT2D eigenvalue weighted by Crippen LogP contribution is -2.60. The van der Waals surface area contributed by atoms with Crippen LogP contribution in [0.2, 0.25) is 0 Å².